The van der Waals surface area contributed by atoms with Gasteiger partial charge in [-0.3, -0.25) is 0 Å². The van der Waals surface area contributed by atoms with Gasteiger partial charge in [0.2, 0.25) is 0 Å². The molecule has 1 aromatic heterocycles. The molecule has 1 aliphatic carbocycles. The number of aromatic nitrogens is 1. The smallest absolute Gasteiger partial charge is 0.0541 e. The van der Waals surface area contributed by atoms with Crippen LogP contribution in [0.1, 0.15) is 25.0 Å². The number of hydrogen-bond acceptors (Lipinski definition) is 1. The zero-order valence-electron chi connectivity index (χ0n) is 32.0. The summed E-state index contributed by atoms with van der Waals surface area (Å²) in [6.45, 7) is 4.72. The van der Waals surface area contributed by atoms with E-state index in [0.29, 0.717) is 0 Å². The summed E-state index contributed by atoms with van der Waals surface area (Å²) in [4.78, 5) is 2.31. The summed E-state index contributed by atoms with van der Waals surface area (Å²) < 4.78 is 2.46. The second-order valence-corrected chi connectivity index (χ2v) is 15.7. The second kappa shape index (κ2) is 13.0. The maximum Gasteiger partial charge on any atom is 0.0541 e. The molecular formula is C55H40N2. The molecule has 57 heavy (non-hydrogen) atoms. The van der Waals surface area contributed by atoms with Crippen LogP contribution in [0.3, 0.4) is 0 Å². The molecule has 0 N–H and O–H groups in total. The van der Waals surface area contributed by atoms with Crippen molar-refractivity contribution in [1.29, 1.82) is 0 Å². The maximum absolute atomic E-state index is 2.46. The Morgan fingerprint density at radius 3 is 1.65 bits per heavy atom. The Labute approximate surface area is 333 Å². The maximum atomic E-state index is 2.46. The third kappa shape index (κ3) is 5.25. The molecule has 0 aliphatic heterocycles. The van der Waals surface area contributed by atoms with Crippen molar-refractivity contribution in [2.75, 3.05) is 4.90 Å². The van der Waals surface area contributed by atoms with Crippen LogP contribution in [0.4, 0.5) is 17.1 Å². The Kier molecular flexibility index (Phi) is 7.55. The molecule has 0 saturated heterocycles. The zero-order valence-corrected chi connectivity index (χ0v) is 32.0. The zero-order chi connectivity index (χ0) is 38.1. The van der Waals surface area contributed by atoms with E-state index in [4.69, 9.17) is 0 Å². The lowest BCUT2D eigenvalue weighted by Crippen LogP contribution is -2.14. The van der Waals surface area contributed by atoms with E-state index in [-0.39, 0.29) is 5.41 Å². The molecule has 0 atom stereocenters. The Bertz CT molecular complexity index is 3100. The van der Waals surface area contributed by atoms with Gasteiger partial charge in [0.25, 0.3) is 0 Å². The van der Waals surface area contributed by atoms with Crippen molar-refractivity contribution in [2.45, 2.75) is 19.3 Å². The lowest BCUT2D eigenvalue weighted by Gasteiger charge is -2.25. The standard InChI is InChI=1S/C55H40N2/c1-55(2)50-23-13-11-20-45(50)46-31-27-39(36-51(46)55)43-32-34-53(47-21-10-9-19-44(43)47)57-52-24-14-12-22-48(52)49-35-38(28-33-54(49)57)37-25-29-42(30-26-37)56(40-15-5-3-6-16-40)41-17-7-4-8-18-41/h3-36H,1-2H3. The van der Waals surface area contributed by atoms with Crippen LogP contribution in [0.2, 0.25) is 0 Å². The summed E-state index contributed by atoms with van der Waals surface area (Å²) >= 11 is 0. The van der Waals surface area contributed by atoms with E-state index < -0.39 is 0 Å². The molecule has 0 bridgehead atoms. The molecule has 10 aromatic rings. The minimum atomic E-state index is -0.0494. The van der Waals surface area contributed by atoms with Crippen molar-refractivity contribution in [3.63, 3.8) is 0 Å². The Balaban J connectivity index is 1.01. The molecule has 0 radical (unpaired) electrons. The molecule has 9 aromatic carbocycles. The molecule has 270 valence electrons. The van der Waals surface area contributed by atoms with Crippen LogP contribution in [0, 0.1) is 0 Å². The normalized spacial score (nSPS) is 12.9. The summed E-state index contributed by atoms with van der Waals surface area (Å²) in [7, 11) is 0. The summed E-state index contributed by atoms with van der Waals surface area (Å²) in [5.74, 6) is 0. The van der Waals surface area contributed by atoms with Crippen molar-refractivity contribution < 1.29 is 0 Å². The molecule has 0 unspecified atom stereocenters. The van der Waals surface area contributed by atoms with Gasteiger partial charge in [0.15, 0.2) is 0 Å². The first-order chi connectivity index (χ1) is 28.0. The van der Waals surface area contributed by atoms with Gasteiger partial charge in [-0.2, -0.15) is 0 Å². The Morgan fingerprint density at radius 1 is 0.351 bits per heavy atom. The van der Waals surface area contributed by atoms with Crippen molar-refractivity contribution in [3.05, 3.63) is 217 Å². The van der Waals surface area contributed by atoms with Gasteiger partial charge in [-0.25, -0.2) is 0 Å². The molecular weight excluding hydrogens is 689 g/mol. The topological polar surface area (TPSA) is 8.17 Å². The summed E-state index contributed by atoms with van der Waals surface area (Å²) in [5.41, 5.74) is 17.3. The second-order valence-electron chi connectivity index (χ2n) is 15.7. The summed E-state index contributed by atoms with van der Waals surface area (Å²) in [5, 5.41) is 4.99. The monoisotopic (exact) mass is 728 g/mol. The number of rotatable bonds is 6. The van der Waals surface area contributed by atoms with Crippen LogP contribution in [0.25, 0.3) is 71.6 Å². The third-order valence-corrected chi connectivity index (χ3v) is 12.2. The van der Waals surface area contributed by atoms with E-state index in [2.05, 4.69) is 230 Å². The van der Waals surface area contributed by atoms with Gasteiger partial charge in [-0.05, 0) is 117 Å². The fourth-order valence-electron chi connectivity index (χ4n) is 9.42. The molecule has 2 heteroatoms. The highest BCUT2D eigenvalue weighted by atomic mass is 15.1. The van der Waals surface area contributed by atoms with E-state index >= 15 is 0 Å². The van der Waals surface area contributed by atoms with Crippen molar-refractivity contribution in [2.24, 2.45) is 0 Å². The number of nitrogens with zero attached hydrogens (tertiary/aromatic N) is 2. The van der Waals surface area contributed by atoms with Crippen LogP contribution in [-0.2, 0) is 5.41 Å². The highest BCUT2D eigenvalue weighted by Gasteiger charge is 2.35. The minimum absolute atomic E-state index is 0.0494. The van der Waals surface area contributed by atoms with E-state index in [1.54, 1.807) is 0 Å². The Hall–Kier alpha value is -7.16. The van der Waals surface area contributed by atoms with Crippen molar-refractivity contribution >= 4 is 49.6 Å². The summed E-state index contributed by atoms with van der Waals surface area (Å²) in [6.07, 6.45) is 0. The molecule has 0 fully saturated rings. The fraction of sp³-hybridized carbons (Fsp3) is 0.0545. The van der Waals surface area contributed by atoms with Gasteiger partial charge in [0.1, 0.15) is 0 Å². The molecule has 0 saturated carbocycles. The molecule has 1 aliphatic rings. The molecule has 0 amide bonds. The SMILES string of the molecule is CC1(C)c2ccccc2-c2ccc(-c3ccc(-n4c5ccccc5c5cc(-c6ccc(N(c7ccccc7)c7ccccc7)cc6)ccc54)c4ccccc34)cc21. The van der Waals surface area contributed by atoms with E-state index in [9.17, 15) is 0 Å². The number of hydrogen-bond donors (Lipinski definition) is 0. The van der Waals surface area contributed by atoms with Crippen LogP contribution in [0.15, 0.2) is 206 Å². The molecule has 0 spiro atoms. The minimum Gasteiger partial charge on any atom is -0.311 e. The predicted molar refractivity (Wildman–Crippen MR) is 241 cm³/mol. The first-order valence-electron chi connectivity index (χ1n) is 19.9. The van der Waals surface area contributed by atoms with Crippen molar-refractivity contribution in [1.82, 2.24) is 4.57 Å². The van der Waals surface area contributed by atoms with Gasteiger partial charge in [-0.15, -0.1) is 0 Å². The van der Waals surface area contributed by atoms with Gasteiger partial charge in [-0.1, -0.05) is 153 Å². The highest BCUT2D eigenvalue weighted by Crippen LogP contribution is 2.50. The molecule has 1 heterocycles. The average molecular weight is 729 g/mol. The quantitative estimate of drug-likeness (QED) is 0.165. The highest BCUT2D eigenvalue weighted by molar-refractivity contribution is 6.12. The molecule has 2 nitrogen and oxygen atoms in total. The van der Waals surface area contributed by atoms with Crippen LogP contribution in [-0.4, -0.2) is 4.57 Å². The van der Waals surface area contributed by atoms with Crippen molar-refractivity contribution in [3.8, 4) is 39.1 Å². The van der Waals surface area contributed by atoms with E-state index in [1.165, 1.54) is 82.8 Å². The Morgan fingerprint density at radius 2 is 0.895 bits per heavy atom. The number of para-hydroxylation sites is 3. The van der Waals surface area contributed by atoms with Gasteiger partial charge in [0, 0.05) is 38.6 Å². The van der Waals surface area contributed by atoms with Gasteiger partial charge >= 0.3 is 0 Å². The lowest BCUT2D eigenvalue weighted by atomic mass is 9.81. The van der Waals surface area contributed by atoms with Crippen LogP contribution in [0.5, 0.6) is 0 Å². The number of benzene rings is 9. The van der Waals surface area contributed by atoms with Gasteiger partial charge < -0.3 is 9.47 Å². The summed E-state index contributed by atoms with van der Waals surface area (Å²) in [6, 6.07) is 75.4. The van der Waals surface area contributed by atoms with Crippen LogP contribution >= 0.6 is 0 Å². The average Bonchev–Trinajstić information content (AvgIpc) is 3.72. The molecule has 11 rings (SSSR count). The lowest BCUT2D eigenvalue weighted by molar-refractivity contribution is 0.660. The fourth-order valence-corrected chi connectivity index (χ4v) is 9.42. The van der Waals surface area contributed by atoms with Crippen LogP contribution < -0.4 is 4.90 Å². The van der Waals surface area contributed by atoms with E-state index in [1.807, 2.05) is 0 Å². The number of fused-ring (bicyclic) bond motifs is 7. The largest absolute Gasteiger partial charge is 0.311 e. The van der Waals surface area contributed by atoms with Gasteiger partial charge in [0.05, 0.1) is 16.7 Å². The van der Waals surface area contributed by atoms with E-state index in [0.717, 1.165) is 17.1 Å². The first-order valence-corrected chi connectivity index (χ1v) is 19.9. The predicted octanol–water partition coefficient (Wildman–Crippen LogP) is 15.0. The first kappa shape index (κ1) is 33.2. The third-order valence-electron chi connectivity index (χ3n) is 12.2. The number of anilines is 3.